The lowest BCUT2D eigenvalue weighted by atomic mass is 9.81. The zero-order valence-electron chi connectivity index (χ0n) is 28.0. The number of thiol groups is 2. The quantitative estimate of drug-likeness (QED) is 0.123. The van der Waals surface area contributed by atoms with Gasteiger partial charge in [-0.3, -0.25) is 19.2 Å². The van der Waals surface area contributed by atoms with Gasteiger partial charge in [0.15, 0.2) is 0 Å². The molecule has 8 N–H and O–H groups in total. The monoisotopic (exact) mass is 691 g/mol. The van der Waals surface area contributed by atoms with E-state index in [2.05, 4.69) is 46.5 Å². The third-order valence-electron chi connectivity index (χ3n) is 7.76. The minimum Gasteiger partial charge on any atom is -0.480 e. The molecule has 0 fully saturated rings. The molecule has 0 saturated heterocycles. The molecule has 1 aliphatic carbocycles. The highest BCUT2D eigenvalue weighted by molar-refractivity contribution is 7.82. The standard InChI is InChI=1S/C33H49N5O7S2/c1-18-15-33(7,45)16-19(2)21(18)14-22(34)27(40)37-25(31(3,4)46)29(42)35-17-24(39)36-23(13-20-11-9-8-10-12-20)28(41)38-26(30(43)44)32(5,6)47/h8-12,15,22-23,25-26,45-47H,13-14,16-17,34H2,1-7H3,(H,35,42)(H,36,39)(H,37,40)(H,38,41)(H,43,44)/t22-,23-,25-,26-,33?/m0/s1. The smallest absolute Gasteiger partial charge is 0.327 e. The van der Waals surface area contributed by atoms with Crippen molar-refractivity contribution < 1.29 is 34.2 Å². The first-order valence-electron chi connectivity index (χ1n) is 15.3. The Bertz CT molecular complexity index is 1400. The van der Waals surface area contributed by atoms with Crippen LogP contribution in [0.25, 0.3) is 0 Å². The molecule has 0 aromatic heterocycles. The molecule has 1 aliphatic rings. The molecule has 0 aliphatic heterocycles. The van der Waals surface area contributed by atoms with Gasteiger partial charge in [-0.25, -0.2) is 4.79 Å². The Labute approximate surface area is 287 Å². The van der Waals surface area contributed by atoms with E-state index >= 15 is 0 Å². The Balaban J connectivity index is 2.12. The van der Waals surface area contributed by atoms with Crippen molar-refractivity contribution in [2.24, 2.45) is 5.73 Å². The number of aliphatic hydroxyl groups is 1. The molecule has 47 heavy (non-hydrogen) atoms. The molecule has 14 heteroatoms. The van der Waals surface area contributed by atoms with Gasteiger partial charge in [-0.1, -0.05) is 35.9 Å². The summed E-state index contributed by atoms with van der Waals surface area (Å²) in [7, 11) is 0. The number of benzene rings is 1. The molecule has 1 aromatic carbocycles. The molecular weight excluding hydrogens is 643 g/mol. The number of aliphatic carboxylic acids is 1. The maximum atomic E-state index is 13.3. The van der Waals surface area contributed by atoms with Crippen molar-refractivity contribution in [2.45, 2.75) is 107 Å². The maximum Gasteiger partial charge on any atom is 0.327 e. The molecule has 0 radical (unpaired) electrons. The summed E-state index contributed by atoms with van der Waals surface area (Å²) in [5, 5.41) is 30.2. The van der Waals surface area contributed by atoms with Crippen LogP contribution in [0.5, 0.6) is 0 Å². The van der Waals surface area contributed by atoms with E-state index < -0.39 is 75.4 Å². The van der Waals surface area contributed by atoms with Crippen LogP contribution in [0.1, 0.15) is 66.9 Å². The highest BCUT2D eigenvalue weighted by atomic mass is 32.1. The Kier molecular flexibility index (Phi) is 13.7. The van der Waals surface area contributed by atoms with Gasteiger partial charge in [0.2, 0.25) is 23.6 Å². The van der Waals surface area contributed by atoms with Crippen molar-refractivity contribution in [1.29, 1.82) is 0 Å². The van der Waals surface area contributed by atoms with Crippen molar-refractivity contribution in [3.05, 3.63) is 58.7 Å². The summed E-state index contributed by atoms with van der Waals surface area (Å²) in [6.45, 7) is 11.2. The maximum absolute atomic E-state index is 13.3. The molecule has 12 nitrogen and oxygen atoms in total. The van der Waals surface area contributed by atoms with Crippen molar-refractivity contribution in [2.75, 3.05) is 6.54 Å². The lowest BCUT2D eigenvalue weighted by molar-refractivity contribution is -0.143. The number of carboxylic acids is 1. The van der Waals surface area contributed by atoms with E-state index in [0.717, 1.165) is 16.7 Å². The lowest BCUT2D eigenvalue weighted by Crippen LogP contribution is -2.60. The summed E-state index contributed by atoms with van der Waals surface area (Å²) < 4.78 is -2.17. The molecule has 0 heterocycles. The van der Waals surface area contributed by atoms with Crippen molar-refractivity contribution in [1.82, 2.24) is 21.3 Å². The van der Waals surface area contributed by atoms with Crippen LogP contribution in [-0.4, -0.2) is 85.6 Å². The number of carboxylic acid groups (broad SMARTS) is 1. The van der Waals surface area contributed by atoms with Gasteiger partial charge in [0.1, 0.15) is 18.1 Å². The second-order valence-electron chi connectivity index (χ2n) is 13.5. The van der Waals surface area contributed by atoms with Gasteiger partial charge in [0.05, 0.1) is 18.2 Å². The Morgan fingerprint density at radius 3 is 1.96 bits per heavy atom. The zero-order chi connectivity index (χ0) is 35.9. The van der Waals surface area contributed by atoms with Crippen LogP contribution in [0.3, 0.4) is 0 Å². The number of hydrogen-bond acceptors (Lipinski definition) is 9. The Hall–Kier alpha value is -3.33. The summed E-state index contributed by atoms with van der Waals surface area (Å²) in [5.74, 6) is -4.05. The van der Waals surface area contributed by atoms with Gasteiger partial charge in [-0.15, -0.1) is 0 Å². The van der Waals surface area contributed by atoms with E-state index in [1.807, 2.05) is 13.8 Å². The number of amides is 4. The summed E-state index contributed by atoms with van der Waals surface area (Å²) in [4.78, 5) is 64.5. The highest BCUT2D eigenvalue weighted by Gasteiger charge is 2.37. The zero-order valence-corrected chi connectivity index (χ0v) is 29.8. The predicted octanol–water partition coefficient (Wildman–Crippen LogP) is 1.44. The van der Waals surface area contributed by atoms with Crippen molar-refractivity contribution in [3.63, 3.8) is 0 Å². The SMILES string of the molecule is CC1=CC(C)(O)CC(C)=C1C[C@H](N)C(=O)N[C@@H](C(=O)NCC(=O)N[C@@H](Cc1ccccc1)C(=O)N[C@@H](C(=O)O)C(C)(C)S)C(C)(C)S. The Morgan fingerprint density at radius 1 is 0.894 bits per heavy atom. The molecule has 1 unspecified atom stereocenters. The van der Waals surface area contributed by atoms with Crippen LogP contribution in [-0.2, 0) is 30.4 Å². The molecule has 5 atom stereocenters. The first-order valence-corrected chi connectivity index (χ1v) is 16.2. The molecule has 1 aromatic rings. The van der Waals surface area contributed by atoms with Gasteiger partial charge < -0.3 is 37.2 Å². The fraction of sp³-hybridized carbons (Fsp3) is 0.545. The first kappa shape index (κ1) is 39.8. The summed E-state index contributed by atoms with van der Waals surface area (Å²) in [5.41, 5.74) is 8.58. The first-order chi connectivity index (χ1) is 21.5. The number of rotatable bonds is 15. The molecule has 0 spiro atoms. The topological polar surface area (TPSA) is 200 Å². The largest absolute Gasteiger partial charge is 0.480 e. The fourth-order valence-corrected chi connectivity index (χ4v) is 5.76. The normalized spacial score (nSPS) is 19.4. The number of nitrogens with two attached hydrogens (primary N) is 1. The van der Waals surface area contributed by atoms with E-state index in [9.17, 15) is 34.2 Å². The van der Waals surface area contributed by atoms with Gasteiger partial charge in [-0.2, -0.15) is 25.3 Å². The fourth-order valence-electron chi connectivity index (χ4n) is 5.40. The van der Waals surface area contributed by atoms with E-state index in [0.29, 0.717) is 12.0 Å². The Morgan fingerprint density at radius 2 is 1.45 bits per heavy atom. The molecule has 0 saturated carbocycles. The number of carbonyl (C=O) groups excluding carboxylic acids is 4. The summed E-state index contributed by atoms with van der Waals surface area (Å²) >= 11 is 8.79. The van der Waals surface area contributed by atoms with Crippen LogP contribution in [0.15, 0.2) is 53.1 Å². The van der Waals surface area contributed by atoms with E-state index in [-0.39, 0.29) is 12.8 Å². The van der Waals surface area contributed by atoms with Crippen LogP contribution in [0.2, 0.25) is 0 Å². The molecule has 0 bridgehead atoms. The van der Waals surface area contributed by atoms with Crippen LogP contribution in [0, 0.1) is 0 Å². The average Bonchev–Trinajstić information content (AvgIpc) is 2.93. The van der Waals surface area contributed by atoms with Crippen molar-refractivity contribution in [3.8, 4) is 0 Å². The average molecular weight is 692 g/mol. The highest BCUT2D eigenvalue weighted by Crippen LogP contribution is 2.33. The van der Waals surface area contributed by atoms with Crippen LogP contribution in [0.4, 0.5) is 0 Å². The van der Waals surface area contributed by atoms with E-state index in [1.165, 1.54) is 0 Å². The van der Waals surface area contributed by atoms with Gasteiger partial charge in [-0.05, 0) is 77.7 Å². The van der Waals surface area contributed by atoms with Gasteiger partial charge in [0, 0.05) is 22.3 Å². The van der Waals surface area contributed by atoms with Crippen LogP contribution < -0.4 is 27.0 Å². The third-order valence-corrected chi connectivity index (χ3v) is 8.27. The molecule has 2 rings (SSSR count). The third kappa shape index (κ3) is 12.3. The molecular formula is C33H49N5O7S2. The minimum absolute atomic E-state index is 0.0497. The number of carbonyl (C=O) groups is 5. The number of allylic oxidation sites excluding steroid dienone is 1. The van der Waals surface area contributed by atoms with Crippen molar-refractivity contribution >= 4 is 54.9 Å². The van der Waals surface area contributed by atoms with Gasteiger partial charge in [0.25, 0.3) is 0 Å². The second kappa shape index (κ2) is 16.2. The predicted molar refractivity (Wildman–Crippen MR) is 187 cm³/mol. The number of nitrogens with one attached hydrogen (secondary N) is 4. The molecule has 260 valence electrons. The summed E-state index contributed by atoms with van der Waals surface area (Å²) in [6, 6.07) is 4.11. The van der Waals surface area contributed by atoms with Crippen LogP contribution >= 0.6 is 25.3 Å². The second-order valence-corrected chi connectivity index (χ2v) is 15.8. The molecule has 4 amide bonds. The lowest BCUT2D eigenvalue weighted by Gasteiger charge is -2.32. The minimum atomic E-state index is -1.35. The van der Waals surface area contributed by atoms with E-state index in [1.54, 1.807) is 71.0 Å². The van der Waals surface area contributed by atoms with E-state index in [4.69, 9.17) is 5.73 Å². The van der Waals surface area contributed by atoms with Gasteiger partial charge >= 0.3 is 5.97 Å². The summed E-state index contributed by atoms with van der Waals surface area (Å²) in [6.07, 6.45) is 2.38. The number of hydrogen-bond donors (Lipinski definition) is 9.